The Morgan fingerprint density at radius 3 is 3.23 bits per heavy atom. The van der Waals surface area contributed by atoms with Crippen LogP contribution < -0.4 is 5.73 Å². The topological polar surface area (TPSA) is 55.5 Å². The van der Waals surface area contributed by atoms with Gasteiger partial charge in [0.2, 0.25) is 5.91 Å². The summed E-state index contributed by atoms with van der Waals surface area (Å²) >= 11 is 1.47. The summed E-state index contributed by atoms with van der Waals surface area (Å²) in [7, 11) is 0. The number of fused-ring (bicyclic) bond motifs is 1. The standard InChI is InChI=1S/C9H8N2OS/c10-9(12)8-5-6-1-3-11-4-2-7(6)13-8/h1-5,8H,(H2,10,12). The summed E-state index contributed by atoms with van der Waals surface area (Å²) in [6.45, 7) is 0. The molecule has 13 heavy (non-hydrogen) atoms. The van der Waals surface area contributed by atoms with Crippen LogP contribution in [0.5, 0.6) is 0 Å². The fourth-order valence-corrected chi connectivity index (χ4v) is 2.20. The molecule has 1 unspecified atom stereocenters. The van der Waals surface area contributed by atoms with Gasteiger partial charge >= 0.3 is 0 Å². The summed E-state index contributed by atoms with van der Waals surface area (Å²) in [4.78, 5) is 15.9. The monoisotopic (exact) mass is 192 g/mol. The average molecular weight is 192 g/mol. The minimum absolute atomic E-state index is 0.225. The Hall–Kier alpha value is -1.29. The van der Waals surface area contributed by atoms with Crippen LogP contribution in [-0.4, -0.2) is 17.4 Å². The molecule has 0 aromatic heterocycles. The first-order valence-electron chi connectivity index (χ1n) is 3.85. The van der Waals surface area contributed by atoms with Gasteiger partial charge in [-0.15, -0.1) is 11.8 Å². The minimum Gasteiger partial charge on any atom is -0.368 e. The molecular weight excluding hydrogens is 184 g/mol. The molecule has 2 rings (SSSR count). The van der Waals surface area contributed by atoms with Crippen molar-refractivity contribution in [1.29, 1.82) is 0 Å². The van der Waals surface area contributed by atoms with E-state index in [-0.39, 0.29) is 11.2 Å². The van der Waals surface area contributed by atoms with E-state index in [9.17, 15) is 4.79 Å². The van der Waals surface area contributed by atoms with E-state index in [0.717, 1.165) is 10.5 Å². The van der Waals surface area contributed by atoms with Gasteiger partial charge in [-0.05, 0) is 17.7 Å². The van der Waals surface area contributed by atoms with Gasteiger partial charge in [0.1, 0.15) is 5.25 Å². The summed E-state index contributed by atoms with van der Waals surface area (Å²) in [6, 6.07) is 0. The van der Waals surface area contributed by atoms with Crippen LogP contribution in [0.4, 0.5) is 0 Å². The molecule has 0 saturated heterocycles. The molecule has 0 aliphatic carbocycles. The van der Waals surface area contributed by atoms with Crippen molar-refractivity contribution in [2.45, 2.75) is 5.25 Å². The Kier molecular flexibility index (Phi) is 2.06. The lowest BCUT2D eigenvalue weighted by molar-refractivity contribution is -0.116. The zero-order chi connectivity index (χ0) is 9.26. The molecule has 2 aliphatic heterocycles. The fraction of sp³-hybridized carbons (Fsp3) is 0.111. The average Bonchev–Trinajstić information content (AvgIpc) is 2.38. The predicted molar refractivity (Wildman–Crippen MR) is 54.4 cm³/mol. The lowest BCUT2D eigenvalue weighted by atomic mass is 10.2. The highest BCUT2D eigenvalue weighted by atomic mass is 32.2. The molecule has 2 aliphatic rings. The normalized spacial score (nSPS) is 24.8. The molecule has 0 aromatic carbocycles. The molecule has 2 heterocycles. The lowest BCUT2D eigenvalue weighted by Gasteiger charge is -1.99. The quantitative estimate of drug-likeness (QED) is 0.673. The molecule has 0 fully saturated rings. The zero-order valence-electron chi connectivity index (χ0n) is 6.81. The fourth-order valence-electron chi connectivity index (χ4n) is 1.18. The Bertz CT molecular complexity index is 366. The number of allylic oxidation sites excluding steroid dienone is 3. The van der Waals surface area contributed by atoms with Crippen LogP contribution in [0.3, 0.4) is 0 Å². The third kappa shape index (κ3) is 1.58. The second-order valence-corrected chi connectivity index (χ2v) is 3.89. The number of carbonyl (C=O) groups excluding carboxylic acids is 1. The molecule has 4 heteroatoms. The highest BCUT2D eigenvalue weighted by molar-refractivity contribution is 8.05. The molecular formula is C9H8N2OS. The van der Waals surface area contributed by atoms with Crippen LogP contribution in [0.25, 0.3) is 0 Å². The van der Waals surface area contributed by atoms with Crippen LogP contribution in [0.2, 0.25) is 0 Å². The first-order valence-corrected chi connectivity index (χ1v) is 4.73. The van der Waals surface area contributed by atoms with E-state index in [1.165, 1.54) is 11.8 Å². The summed E-state index contributed by atoms with van der Waals surface area (Å²) in [5, 5.41) is -0.225. The van der Waals surface area contributed by atoms with Crippen molar-refractivity contribution < 1.29 is 4.79 Å². The van der Waals surface area contributed by atoms with Crippen molar-refractivity contribution in [2.75, 3.05) is 0 Å². The Morgan fingerprint density at radius 2 is 2.46 bits per heavy atom. The number of amides is 1. The Balaban J connectivity index is 2.31. The van der Waals surface area contributed by atoms with Crippen LogP contribution in [0.1, 0.15) is 0 Å². The molecule has 1 atom stereocenters. The van der Waals surface area contributed by atoms with Crippen molar-refractivity contribution in [3.05, 3.63) is 34.9 Å². The molecule has 0 bridgehead atoms. The highest BCUT2D eigenvalue weighted by Crippen LogP contribution is 2.37. The van der Waals surface area contributed by atoms with Crippen LogP contribution in [0, 0.1) is 0 Å². The van der Waals surface area contributed by atoms with Crippen molar-refractivity contribution in [1.82, 2.24) is 0 Å². The SMILES string of the molecule is NC(=O)C1C=C2C=CN=CC=C2S1. The molecule has 3 nitrogen and oxygen atoms in total. The second kappa shape index (κ2) is 3.22. The van der Waals surface area contributed by atoms with E-state index in [0.29, 0.717) is 0 Å². The van der Waals surface area contributed by atoms with Gasteiger partial charge in [-0.3, -0.25) is 9.79 Å². The van der Waals surface area contributed by atoms with E-state index in [4.69, 9.17) is 5.73 Å². The summed E-state index contributed by atoms with van der Waals surface area (Å²) in [6.07, 6.45) is 9.05. The minimum atomic E-state index is -0.295. The second-order valence-electron chi connectivity index (χ2n) is 2.71. The summed E-state index contributed by atoms with van der Waals surface area (Å²) in [5.41, 5.74) is 6.24. The van der Waals surface area contributed by atoms with Crippen molar-refractivity contribution in [3.63, 3.8) is 0 Å². The van der Waals surface area contributed by atoms with Crippen molar-refractivity contribution in [2.24, 2.45) is 10.7 Å². The van der Waals surface area contributed by atoms with Crippen molar-refractivity contribution in [3.8, 4) is 0 Å². The molecule has 0 saturated carbocycles. The summed E-state index contributed by atoms with van der Waals surface area (Å²) in [5.74, 6) is -0.295. The number of primary amides is 1. The highest BCUT2D eigenvalue weighted by Gasteiger charge is 2.24. The van der Waals surface area contributed by atoms with Gasteiger partial charge in [0.05, 0.1) is 0 Å². The van der Waals surface area contributed by atoms with Crippen LogP contribution >= 0.6 is 11.8 Å². The van der Waals surface area contributed by atoms with Gasteiger partial charge in [-0.1, -0.05) is 6.08 Å². The number of thioether (sulfide) groups is 1. The first kappa shape index (κ1) is 8.31. The summed E-state index contributed by atoms with van der Waals surface area (Å²) < 4.78 is 0. The third-order valence-electron chi connectivity index (χ3n) is 1.80. The zero-order valence-corrected chi connectivity index (χ0v) is 7.62. The van der Waals surface area contributed by atoms with Gasteiger partial charge in [-0.2, -0.15) is 0 Å². The molecule has 2 N–H and O–H groups in total. The first-order chi connectivity index (χ1) is 6.27. The van der Waals surface area contributed by atoms with E-state index in [1.54, 1.807) is 12.4 Å². The molecule has 0 aromatic rings. The van der Waals surface area contributed by atoms with Gasteiger partial charge in [0, 0.05) is 17.3 Å². The number of nitrogens with zero attached hydrogens (tertiary/aromatic N) is 1. The Labute approximate surface area is 80.1 Å². The number of hydrogen-bond acceptors (Lipinski definition) is 3. The number of nitrogens with two attached hydrogens (primary N) is 1. The van der Waals surface area contributed by atoms with Crippen LogP contribution in [-0.2, 0) is 4.79 Å². The number of rotatable bonds is 1. The molecule has 1 amide bonds. The van der Waals surface area contributed by atoms with E-state index in [1.807, 2.05) is 18.2 Å². The Morgan fingerprint density at radius 1 is 1.62 bits per heavy atom. The number of carbonyl (C=O) groups is 1. The van der Waals surface area contributed by atoms with Gasteiger partial charge in [0.25, 0.3) is 0 Å². The van der Waals surface area contributed by atoms with Gasteiger partial charge < -0.3 is 5.73 Å². The predicted octanol–water partition coefficient (Wildman–Crippen LogP) is 0.996. The maximum absolute atomic E-state index is 10.9. The van der Waals surface area contributed by atoms with Gasteiger partial charge in [0.15, 0.2) is 0 Å². The van der Waals surface area contributed by atoms with E-state index in [2.05, 4.69) is 4.99 Å². The molecule has 0 radical (unpaired) electrons. The van der Waals surface area contributed by atoms with Crippen LogP contribution in [0.15, 0.2) is 39.9 Å². The lowest BCUT2D eigenvalue weighted by Crippen LogP contribution is -2.22. The smallest absolute Gasteiger partial charge is 0.234 e. The maximum Gasteiger partial charge on any atom is 0.234 e. The molecule has 0 spiro atoms. The van der Waals surface area contributed by atoms with Gasteiger partial charge in [-0.25, -0.2) is 0 Å². The number of hydrogen-bond donors (Lipinski definition) is 1. The maximum atomic E-state index is 10.9. The third-order valence-corrected chi connectivity index (χ3v) is 3.05. The largest absolute Gasteiger partial charge is 0.368 e. The number of aliphatic imine (C=N–C) groups is 1. The van der Waals surface area contributed by atoms with E-state index < -0.39 is 0 Å². The van der Waals surface area contributed by atoms with E-state index >= 15 is 0 Å². The molecule has 66 valence electrons. The van der Waals surface area contributed by atoms with Crippen molar-refractivity contribution >= 4 is 23.9 Å².